The van der Waals surface area contributed by atoms with Crippen LogP contribution in [0.3, 0.4) is 0 Å². The van der Waals surface area contributed by atoms with Crippen LogP contribution in [0.2, 0.25) is 0 Å². The Bertz CT molecular complexity index is 889. The smallest absolute Gasteiger partial charge is 0.406 e. The summed E-state index contributed by atoms with van der Waals surface area (Å²) in [5.74, 6) is -0.983. The molecule has 1 amide bonds. The minimum absolute atomic E-state index is 0.0305. The molecule has 130 valence electrons. The van der Waals surface area contributed by atoms with Crippen molar-refractivity contribution in [1.29, 1.82) is 0 Å². The van der Waals surface area contributed by atoms with Crippen molar-refractivity contribution in [3.63, 3.8) is 0 Å². The Morgan fingerprint density at radius 1 is 1.29 bits per heavy atom. The van der Waals surface area contributed by atoms with Crippen LogP contribution < -0.4 is 10.1 Å². The van der Waals surface area contributed by atoms with Crippen molar-refractivity contribution in [1.82, 2.24) is 10.3 Å². The highest BCUT2D eigenvalue weighted by Gasteiger charge is 2.31. The van der Waals surface area contributed by atoms with Crippen molar-refractivity contribution in [3.05, 3.63) is 30.0 Å². The molecule has 1 saturated heterocycles. The first-order valence-electron chi connectivity index (χ1n) is 7.01. The van der Waals surface area contributed by atoms with Gasteiger partial charge in [0.1, 0.15) is 11.4 Å². The summed E-state index contributed by atoms with van der Waals surface area (Å²) in [6.07, 6.45) is -4.45. The summed E-state index contributed by atoms with van der Waals surface area (Å²) in [4.78, 5) is 14.9. The van der Waals surface area contributed by atoms with E-state index in [1.165, 1.54) is 12.1 Å². The van der Waals surface area contributed by atoms with E-state index in [0.29, 0.717) is 17.3 Å². The molecule has 1 fully saturated rings. The number of carbonyl (C=O) groups excluding carboxylic acids is 1. The van der Waals surface area contributed by atoms with E-state index >= 15 is 0 Å². The number of amides is 1. The fourth-order valence-electron chi connectivity index (χ4n) is 2.60. The summed E-state index contributed by atoms with van der Waals surface area (Å²) >= 11 is 0. The van der Waals surface area contributed by atoms with Crippen LogP contribution in [0.1, 0.15) is 16.9 Å². The van der Waals surface area contributed by atoms with Gasteiger partial charge in [-0.3, -0.25) is 4.79 Å². The first kappa shape index (κ1) is 16.6. The number of halogens is 3. The zero-order valence-electron chi connectivity index (χ0n) is 12.2. The third kappa shape index (κ3) is 3.81. The summed E-state index contributed by atoms with van der Waals surface area (Å²) in [7, 11) is -3.12. The molecule has 6 nitrogen and oxygen atoms in total. The molecule has 2 heterocycles. The molecule has 0 spiro atoms. The quantitative estimate of drug-likeness (QED) is 0.874. The first-order valence-corrected chi connectivity index (χ1v) is 8.83. The topological polar surface area (TPSA) is 88.3 Å². The highest BCUT2D eigenvalue weighted by Crippen LogP contribution is 2.26. The average molecular weight is 362 g/mol. The number of benzene rings is 1. The Hall–Kier alpha value is -2.23. The monoisotopic (exact) mass is 362 g/mol. The van der Waals surface area contributed by atoms with Crippen LogP contribution in [-0.2, 0) is 9.84 Å². The van der Waals surface area contributed by atoms with E-state index in [2.05, 4.69) is 15.0 Å². The fraction of sp³-hybridized carbons (Fsp3) is 0.357. The number of rotatable bonds is 3. The fourth-order valence-corrected chi connectivity index (χ4v) is 4.27. The molecule has 24 heavy (non-hydrogen) atoms. The van der Waals surface area contributed by atoms with Gasteiger partial charge in [-0.2, -0.15) is 0 Å². The molecule has 3 rings (SSSR count). The zero-order valence-corrected chi connectivity index (χ0v) is 13.0. The van der Waals surface area contributed by atoms with Crippen LogP contribution in [0, 0.1) is 0 Å². The number of H-pyrrole nitrogens is 1. The lowest BCUT2D eigenvalue weighted by atomic mass is 10.2. The number of alkyl halides is 3. The van der Waals surface area contributed by atoms with Crippen LogP contribution in [0.5, 0.6) is 5.75 Å². The Morgan fingerprint density at radius 2 is 2.04 bits per heavy atom. The summed E-state index contributed by atoms with van der Waals surface area (Å²) in [6.45, 7) is 0. The summed E-state index contributed by atoms with van der Waals surface area (Å²) < 4.78 is 63.3. The molecule has 1 aromatic heterocycles. The molecular formula is C14H13F3N2O4S. The molecule has 0 bridgehead atoms. The lowest BCUT2D eigenvalue weighted by molar-refractivity contribution is -0.274. The average Bonchev–Trinajstić information content (AvgIpc) is 2.99. The van der Waals surface area contributed by atoms with Crippen molar-refractivity contribution in [3.8, 4) is 5.75 Å². The van der Waals surface area contributed by atoms with Crippen molar-refractivity contribution in [2.24, 2.45) is 0 Å². The number of hydrogen-bond donors (Lipinski definition) is 2. The number of nitrogens with one attached hydrogen (secondary N) is 2. The van der Waals surface area contributed by atoms with Crippen LogP contribution >= 0.6 is 0 Å². The van der Waals surface area contributed by atoms with Gasteiger partial charge in [0.25, 0.3) is 5.91 Å². The third-order valence-electron chi connectivity index (χ3n) is 3.64. The first-order chi connectivity index (χ1) is 11.1. The molecule has 10 heteroatoms. The number of carbonyl (C=O) groups is 1. The molecule has 0 saturated carbocycles. The van der Waals surface area contributed by atoms with E-state index in [0.717, 1.165) is 12.1 Å². The van der Waals surface area contributed by atoms with E-state index < -0.39 is 33.9 Å². The summed E-state index contributed by atoms with van der Waals surface area (Å²) in [6, 6.07) is 4.70. The van der Waals surface area contributed by atoms with Crippen LogP contribution in [-0.4, -0.2) is 43.2 Å². The number of hydrogen-bond acceptors (Lipinski definition) is 4. The van der Waals surface area contributed by atoms with E-state index in [-0.39, 0.29) is 17.2 Å². The molecule has 1 aliphatic rings. The largest absolute Gasteiger partial charge is 0.573 e. The van der Waals surface area contributed by atoms with E-state index in [1.807, 2.05) is 0 Å². The van der Waals surface area contributed by atoms with Gasteiger partial charge >= 0.3 is 6.36 Å². The third-order valence-corrected chi connectivity index (χ3v) is 5.41. The standard InChI is InChI=1S/C14H13F3N2O4S/c15-14(16,17)23-10-2-1-8-5-12(19-11(8)6-10)13(20)18-9-3-4-24(21,22)7-9/h1-2,5-6,9,19H,3-4,7H2,(H,18,20). The van der Waals surface area contributed by atoms with Gasteiger partial charge in [-0.25, -0.2) is 8.42 Å². The van der Waals surface area contributed by atoms with Crippen molar-refractivity contribution >= 4 is 26.6 Å². The van der Waals surface area contributed by atoms with Gasteiger partial charge in [-0.1, -0.05) is 0 Å². The summed E-state index contributed by atoms with van der Waals surface area (Å²) in [5.41, 5.74) is 0.444. The van der Waals surface area contributed by atoms with Gasteiger partial charge in [-0.15, -0.1) is 13.2 Å². The predicted molar refractivity (Wildman–Crippen MR) is 79.5 cm³/mol. The lowest BCUT2D eigenvalue weighted by Crippen LogP contribution is -2.35. The number of aromatic nitrogens is 1. The predicted octanol–water partition coefficient (Wildman–Crippen LogP) is 1.98. The van der Waals surface area contributed by atoms with Crippen molar-refractivity contribution in [2.45, 2.75) is 18.8 Å². The Labute approximate surface area is 134 Å². The molecule has 1 atom stereocenters. The van der Waals surface area contributed by atoms with Gasteiger partial charge < -0.3 is 15.0 Å². The van der Waals surface area contributed by atoms with Gasteiger partial charge in [0.05, 0.1) is 11.5 Å². The molecule has 2 aromatic rings. The van der Waals surface area contributed by atoms with E-state index in [4.69, 9.17) is 0 Å². The van der Waals surface area contributed by atoms with Gasteiger partial charge in [0.15, 0.2) is 9.84 Å². The van der Waals surface area contributed by atoms with Gasteiger partial charge in [-0.05, 0) is 24.6 Å². The van der Waals surface area contributed by atoms with E-state index in [1.54, 1.807) is 0 Å². The second-order valence-electron chi connectivity index (χ2n) is 5.55. The molecule has 0 aliphatic carbocycles. The minimum Gasteiger partial charge on any atom is -0.406 e. The Balaban J connectivity index is 1.76. The minimum atomic E-state index is -4.80. The zero-order chi connectivity index (χ0) is 17.5. The second-order valence-corrected chi connectivity index (χ2v) is 7.78. The number of ether oxygens (including phenoxy) is 1. The lowest BCUT2D eigenvalue weighted by Gasteiger charge is -2.09. The van der Waals surface area contributed by atoms with Crippen LogP contribution in [0.15, 0.2) is 24.3 Å². The SMILES string of the molecule is O=C(NC1CCS(=O)(=O)C1)c1cc2ccc(OC(F)(F)F)cc2[nH]1. The molecule has 1 aromatic carbocycles. The maximum Gasteiger partial charge on any atom is 0.573 e. The molecule has 1 aliphatic heterocycles. The highest BCUT2D eigenvalue weighted by molar-refractivity contribution is 7.91. The van der Waals surface area contributed by atoms with Crippen LogP contribution in [0.25, 0.3) is 10.9 Å². The normalized spacial score (nSPS) is 20.2. The highest BCUT2D eigenvalue weighted by atomic mass is 32.2. The Kier molecular flexibility index (Phi) is 3.94. The van der Waals surface area contributed by atoms with Gasteiger partial charge in [0.2, 0.25) is 0 Å². The molecule has 0 radical (unpaired) electrons. The Morgan fingerprint density at radius 3 is 2.67 bits per heavy atom. The number of fused-ring (bicyclic) bond motifs is 1. The molecule has 1 unspecified atom stereocenters. The summed E-state index contributed by atoms with van der Waals surface area (Å²) in [5, 5.41) is 3.14. The molecular weight excluding hydrogens is 349 g/mol. The van der Waals surface area contributed by atoms with E-state index in [9.17, 15) is 26.4 Å². The molecule has 2 N–H and O–H groups in total. The maximum absolute atomic E-state index is 12.2. The van der Waals surface area contributed by atoms with Crippen molar-refractivity contribution < 1.29 is 31.1 Å². The number of aromatic amines is 1. The van der Waals surface area contributed by atoms with Crippen molar-refractivity contribution in [2.75, 3.05) is 11.5 Å². The van der Waals surface area contributed by atoms with Crippen LogP contribution in [0.4, 0.5) is 13.2 Å². The number of sulfone groups is 1. The second kappa shape index (κ2) is 5.69. The maximum atomic E-state index is 12.2. The van der Waals surface area contributed by atoms with Gasteiger partial charge in [0, 0.05) is 23.0 Å².